The number of amides is 2. The van der Waals surface area contributed by atoms with Crippen LogP contribution in [0.3, 0.4) is 0 Å². The van der Waals surface area contributed by atoms with Gasteiger partial charge >= 0.3 is 0 Å². The van der Waals surface area contributed by atoms with Crippen LogP contribution in [0, 0.1) is 5.82 Å². The summed E-state index contributed by atoms with van der Waals surface area (Å²) in [5.74, 6) is -0.425. The number of carbonyl (C=O) groups excluding carboxylic acids is 2. The van der Waals surface area contributed by atoms with E-state index in [0.717, 1.165) is 16.1 Å². The van der Waals surface area contributed by atoms with Gasteiger partial charge in [0.1, 0.15) is 16.5 Å². The van der Waals surface area contributed by atoms with Crippen LogP contribution in [0.4, 0.5) is 4.39 Å². The van der Waals surface area contributed by atoms with E-state index >= 15 is 0 Å². The summed E-state index contributed by atoms with van der Waals surface area (Å²) < 4.78 is 13.0. The van der Waals surface area contributed by atoms with Crippen LogP contribution in [0.1, 0.15) is 48.3 Å². The Morgan fingerprint density at radius 1 is 1.10 bits per heavy atom. The van der Waals surface area contributed by atoms with Crippen molar-refractivity contribution in [2.45, 2.75) is 33.2 Å². The maximum atomic E-state index is 13.0. The number of rotatable bonds is 8. The molecule has 0 fully saturated rings. The molecule has 0 saturated carbocycles. The molecule has 0 aliphatic heterocycles. The summed E-state index contributed by atoms with van der Waals surface area (Å²) in [6, 6.07) is 14.1. The molecule has 0 atom stereocenters. The molecule has 5 nitrogen and oxygen atoms in total. The van der Waals surface area contributed by atoms with Gasteiger partial charge in [-0.1, -0.05) is 50.2 Å². The highest BCUT2D eigenvalue weighted by atomic mass is 32.1. The number of thiazole rings is 1. The second kappa shape index (κ2) is 10.3. The SMILES string of the molecule is CCN(CC(=O)NCc1ccc(F)cc1)C(=O)c1csc(-c2ccc(C(C)C)cc2)n1. The first-order chi connectivity index (χ1) is 14.9. The fourth-order valence-corrected chi connectivity index (χ4v) is 3.84. The van der Waals surface area contributed by atoms with Crippen molar-refractivity contribution in [3.63, 3.8) is 0 Å². The van der Waals surface area contributed by atoms with E-state index < -0.39 is 0 Å². The topological polar surface area (TPSA) is 62.3 Å². The average Bonchev–Trinajstić information content (AvgIpc) is 3.27. The highest BCUT2D eigenvalue weighted by Gasteiger charge is 2.20. The molecule has 0 unspecified atom stereocenters. The van der Waals surface area contributed by atoms with Crippen LogP contribution >= 0.6 is 11.3 Å². The molecular formula is C24H26FN3O2S. The average molecular weight is 440 g/mol. The molecule has 3 aromatic rings. The van der Waals surface area contributed by atoms with Gasteiger partial charge in [-0.15, -0.1) is 11.3 Å². The van der Waals surface area contributed by atoms with Gasteiger partial charge in [0.15, 0.2) is 0 Å². The molecule has 0 bridgehead atoms. The molecule has 0 spiro atoms. The van der Waals surface area contributed by atoms with Gasteiger partial charge in [-0.25, -0.2) is 9.37 Å². The molecule has 3 rings (SSSR count). The fourth-order valence-electron chi connectivity index (χ4n) is 3.04. The maximum Gasteiger partial charge on any atom is 0.273 e. The van der Waals surface area contributed by atoms with Gasteiger partial charge in [0, 0.05) is 24.0 Å². The Labute approximate surface area is 185 Å². The predicted octanol–water partition coefficient (Wildman–Crippen LogP) is 4.85. The number of nitrogens with one attached hydrogen (secondary N) is 1. The molecule has 162 valence electrons. The van der Waals surface area contributed by atoms with E-state index in [0.29, 0.717) is 18.2 Å². The van der Waals surface area contributed by atoms with Crippen LogP contribution in [-0.4, -0.2) is 34.8 Å². The van der Waals surface area contributed by atoms with E-state index in [4.69, 9.17) is 0 Å². The third-order valence-electron chi connectivity index (χ3n) is 4.95. The van der Waals surface area contributed by atoms with Crippen LogP contribution in [0.5, 0.6) is 0 Å². The summed E-state index contributed by atoms with van der Waals surface area (Å²) in [5, 5.41) is 5.26. The van der Waals surface area contributed by atoms with Crippen LogP contribution < -0.4 is 5.32 Å². The molecule has 0 saturated heterocycles. The molecule has 1 heterocycles. The molecule has 31 heavy (non-hydrogen) atoms. The highest BCUT2D eigenvalue weighted by molar-refractivity contribution is 7.13. The van der Waals surface area contributed by atoms with E-state index in [-0.39, 0.29) is 30.7 Å². The number of hydrogen-bond acceptors (Lipinski definition) is 4. The second-order valence-electron chi connectivity index (χ2n) is 7.54. The predicted molar refractivity (Wildman–Crippen MR) is 121 cm³/mol. The number of hydrogen-bond donors (Lipinski definition) is 1. The Bertz CT molecular complexity index is 1030. The fraction of sp³-hybridized carbons (Fsp3) is 0.292. The summed E-state index contributed by atoms with van der Waals surface area (Å²) in [5.41, 5.74) is 3.34. The highest BCUT2D eigenvalue weighted by Crippen LogP contribution is 2.26. The first kappa shape index (κ1) is 22.6. The first-order valence-corrected chi connectivity index (χ1v) is 11.1. The van der Waals surface area contributed by atoms with Crippen molar-refractivity contribution in [2.75, 3.05) is 13.1 Å². The number of nitrogens with zero attached hydrogens (tertiary/aromatic N) is 2. The van der Waals surface area contributed by atoms with Crippen molar-refractivity contribution in [3.8, 4) is 10.6 Å². The lowest BCUT2D eigenvalue weighted by Crippen LogP contribution is -2.40. The van der Waals surface area contributed by atoms with Gasteiger partial charge in [-0.2, -0.15) is 0 Å². The second-order valence-corrected chi connectivity index (χ2v) is 8.40. The van der Waals surface area contributed by atoms with Gasteiger partial charge in [0.2, 0.25) is 5.91 Å². The number of aromatic nitrogens is 1. The minimum absolute atomic E-state index is 0.0630. The Hall–Kier alpha value is -3.06. The molecule has 7 heteroatoms. The van der Waals surface area contributed by atoms with Gasteiger partial charge in [0.25, 0.3) is 5.91 Å². The monoisotopic (exact) mass is 439 g/mol. The molecule has 0 aliphatic rings. The molecular weight excluding hydrogens is 413 g/mol. The summed E-state index contributed by atoms with van der Waals surface area (Å²) in [6.45, 7) is 6.71. The van der Waals surface area contributed by atoms with E-state index in [2.05, 4.69) is 36.3 Å². The van der Waals surface area contributed by atoms with Gasteiger partial charge in [0.05, 0.1) is 6.54 Å². The zero-order valence-electron chi connectivity index (χ0n) is 17.9. The standard InChI is InChI=1S/C24H26FN3O2S/c1-4-28(14-22(29)26-13-17-5-11-20(25)12-6-17)24(30)21-15-31-23(27-21)19-9-7-18(8-10-19)16(2)3/h5-12,15-16H,4,13-14H2,1-3H3,(H,26,29). The third-order valence-corrected chi connectivity index (χ3v) is 5.85. The van der Waals surface area contributed by atoms with Crippen LogP contribution in [-0.2, 0) is 11.3 Å². The largest absolute Gasteiger partial charge is 0.350 e. The van der Waals surface area contributed by atoms with Crippen LogP contribution in [0.25, 0.3) is 10.6 Å². The first-order valence-electron chi connectivity index (χ1n) is 10.2. The molecule has 1 N–H and O–H groups in total. The van der Waals surface area contributed by atoms with Crippen molar-refractivity contribution < 1.29 is 14.0 Å². The van der Waals surface area contributed by atoms with Crippen molar-refractivity contribution in [2.24, 2.45) is 0 Å². The molecule has 2 amide bonds. The summed E-state index contributed by atoms with van der Waals surface area (Å²) in [4.78, 5) is 31.1. The van der Waals surface area contributed by atoms with Crippen molar-refractivity contribution in [1.29, 1.82) is 0 Å². The van der Waals surface area contributed by atoms with Crippen molar-refractivity contribution in [1.82, 2.24) is 15.2 Å². The van der Waals surface area contributed by atoms with Crippen molar-refractivity contribution in [3.05, 3.63) is 76.5 Å². The van der Waals surface area contributed by atoms with Crippen LogP contribution in [0.2, 0.25) is 0 Å². The van der Waals surface area contributed by atoms with E-state index in [1.54, 1.807) is 17.5 Å². The summed E-state index contributed by atoms with van der Waals surface area (Å²) in [7, 11) is 0. The third kappa shape index (κ3) is 5.98. The number of halogens is 1. The number of likely N-dealkylation sites (N-methyl/N-ethyl adjacent to an activating group) is 1. The zero-order valence-corrected chi connectivity index (χ0v) is 18.7. The summed E-state index contributed by atoms with van der Waals surface area (Å²) >= 11 is 1.41. The molecule has 0 radical (unpaired) electrons. The van der Waals surface area contributed by atoms with Gasteiger partial charge < -0.3 is 10.2 Å². The van der Waals surface area contributed by atoms with E-state index in [9.17, 15) is 14.0 Å². The lowest BCUT2D eigenvalue weighted by Gasteiger charge is -2.19. The number of carbonyl (C=O) groups is 2. The lowest BCUT2D eigenvalue weighted by atomic mass is 10.0. The maximum absolute atomic E-state index is 13.0. The van der Waals surface area contributed by atoms with Crippen LogP contribution in [0.15, 0.2) is 53.9 Å². The normalized spacial score (nSPS) is 10.9. The Morgan fingerprint density at radius 3 is 2.39 bits per heavy atom. The molecule has 2 aromatic carbocycles. The van der Waals surface area contributed by atoms with E-state index in [1.165, 1.54) is 33.9 Å². The molecule has 0 aliphatic carbocycles. The number of benzene rings is 2. The lowest BCUT2D eigenvalue weighted by molar-refractivity contribution is -0.121. The van der Waals surface area contributed by atoms with Gasteiger partial charge in [-0.05, 0) is 36.1 Å². The summed E-state index contributed by atoms with van der Waals surface area (Å²) in [6.07, 6.45) is 0. The Kier molecular flexibility index (Phi) is 7.52. The minimum Gasteiger partial charge on any atom is -0.350 e. The minimum atomic E-state index is -0.323. The quantitative estimate of drug-likeness (QED) is 0.546. The van der Waals surface area contributed by atoms with Crippen molar-refractivity contribution >= 4 is 23.2 Å². The molecule has 1 aromatic heterocycles. The smallest absolute Gasteiger partial charge is 0.273 e. The Morgan fingerprint density at radius 2 is 1.77 bits per heavy atom. The Balaban J connectivity index is 1.61. The van der Waals surface area contributed by atoms with E-state index in [1.807, 2.05) is 19.1 Å². The zero-order chi connectivity index (χ0) is 22.4. The van der Waals surface area contributed by atoms with Gasteiger partial charge in [-0.3, -0.25) is 9.59 Å².